The van der Waals surface area contributed by atoms with Crippen molar-refractivity contribution < 1.29 is 5.11 Å². The molecule has 0 atom stereocenters. The van der Waals surface area contributed by atoms with Gasteiger partial charge in [0.15, 0.2) is 0 Å². The molecule has 1 heterocycles. The normalized spacial score (nSPS) is 11.2. The van der Waals surface area contributed by atoms with Crippen LogP contribution in [0.5, 0.6) is 5.75 Å². The second-order valence-corrected chi connectivity index (χ2v) is 4.91. The highest BCUT2D eigenvalue weighted by atomic mass is 79.9. The molecule has 0 unspecified atom stereocenters. The minimum absolute atomic E-state index is 0.118. The van der Waals surface area contributed by atoms with E-state index in [9.17, 15) is 5.11 Å². The van der Waals surface area contributed by atoms with Crippen molar-refractivity contribution in [3.05, 3.63) is 39.8 Å². The number of halogens is 2. The minimum Gasteiger partial charge on any atom is -0.506 e. The zero-order chi connectivity index (χ0) is 12.0. The maximum absolute atomic E-state index is 9.76. The maximum Gasteiger partial charge on any atom is 0.143 e. The molecule has 17 heavy (non-hydrogen) atoms. The summed E-state index contributed by atoms with van der Waals surface area (Å²) in [7, 11) is 0. The summed E-state index contributed by atoms with van der Waals surface area (Å²) in [5.41, 5.74) is 2.51. The third-order valence-electron chi connectivity index (χ3n) is 2.48. The van der Waals surface area contributed by atoms with E-state index >= 15 is 0 Å². The van der Waals surface area contributed by atoms with Crippen LogP contribution in [0.1, 0.15) is 0 Å². The monoisotopic (exact) mass is 308 g/mol. The van der Waals surface area contributed by atoms with E-state index < -0.39 is 0 Å². The van der Waals surface area contributed by atoms with Gasteiger partial charge in [0.2, 0.25) is 0 Å². The van der Waals surface area contributed by atoms with Gasteiger partial charge in [0, 0.05) is 9.50 Å². The van der Waals surface area contributed by atoms with Crippen molar-refractivity contribution in [1.29, 1.82) is 0 Å². The lowest BCUT2D eigenvalue weighted by Gasteiger charge is -2.04. The number of aromatic nitrogens is 2. The first-order valence-electron chi connectivity index (χ1n) is 4.89. The van der Waals surface area contributed by atoms with Crippen molar-refractivity contribution in [2.45, 2.75) is 0 Å². The summed E-state index contributed by atoms with van der Waals surface area (Å²) < 4.78 is 0.791. The molecule has 1 N–H and O–H groups in total. The third-order valence-corrected chi connectivity index (χ3v) is 3.36. The van der Waals surface area contributed by atoms with Gasteiger partial charge in [0.25, 0.3) is 0 Å². The van der Waals surface area contributed by atoms with Gasteiger partial charge in [0.05, 0.1) is 11.0 Å². The molecule has 3 rings (SSSR count). The molecule has 84 valence electrons. The van der Waals surface area contributed by atoms with Crippen LogP contribution in [-0.2, 0) is 0 Å². The average molecular weight is 310 g/mol. The largest absolute Gasteiger partial charge is 0.506 e. The molecular formula is C12H6BrClN2O. The van der Waals surface area contributed by atoms with Gasteiger partial charge in [-0.25, -0.2) is 9.97 Å². The number of hydrogen-bond donors (Lipinski definition) is 1. The highest BCUT2D eigenvalue weighted by Crippen LogP contribution is 2.30. The molecule has 0 fully saturated rings. The Bertz CT molecular complexity index is 745. The first kappa shape index (κ1) is 10.7. The summed E-state index contributed by atoms with van der Waals surface area (Å²) >= 11 is 9.30. The Morgan fingerprint density at radius 1 is 1.00 bits per heavy atom. The number of rotatable bonds is 0. The fourth-order valence-corrected chi connectivity index (χ4v) is 2.26. The SMILES string of the molecule is Oc1ccc(Br)c2nc3cc(Cl)ccc3nc12. The Labute approximate surface area is 110 Å². The van der Waals surface area contributed by atoms with Crippen molar-refractivity contribution in [3.8, 4) is 5.75 Å². The van der Waals surface area contributed by atoms with Crippen LogP contribution in [0.4, 0.5) is 0 Å². The van der Waals surface area contributed by atoms with E-state index in [-0.39, 0.29) is 5.75 Å². The van der Waals surface area contributed by atoms with E-state index in [2.05, 4.69) is 25.9 Å². The van der Waals surface area contributed by atoms with Gasteiger partial charge in [-0.3, -0.25) is 0 Å². The quantitative estimate of drug-likeness (QED) is 0.641. The lowest BCUT2D eigenvalue weighted by Crippen LogP contribution is -1.88. The second-order valence-electron chi connectivity index (χ2n) is 3.62. The second kappa shape index (κ2) is 3.82. The Kier molecular flexibility index (Phi) is 2.42. The van der Waals surface area contributed by atoms with Crippen molar-refractivity contribution in [2.24, 2.45) is 0 Å². The number of phenols is 1. The molecule has 0 saturated heterocycles. The summed E-state index contributed by atoms with van der Waals surface area (Å²) in [6.45, 7) is 0. The molecular weight excluding hydrogens is 304 g/mol. The number of phenolic OH excluding ortho intramolecular Hbond substituents is 1. The average Bonchev–Trinajstić information content (AvgIpc) is 2.32. The number of fused-ring (bicyclic) bond motifs is 2. The molecule has 0 aliphatic carbocycles. The van der Waals surface area contributed by atoms with Gasteiger partial charge in [-0.05, 0) is 46.3 Å². The van der Waals surface area contributed by atoms with Crippen LogP contribution in [0.25, 0.3) is 22.1 Å². The van der Waals surface area contributed by atoms with Crippen molar-refractivity contribution in [2.75, 3.05) is 0 Å². The summed E-state index contributed by atoms with van der Waals surface area (Å²) in [6, 6.07) is 8.61. The van der Waals surface area contributed by atoms with Crippen LogP contribution in [0, 0.1) is 0 Å². The fraction of sp³-hybridized carbons (Fsp3) is 0. The predicted molar refractivity (Wildman–Crippen MR) is 71.4 cm³/mol. The smallest absolute Gasteiger partial charge is 0.143 e. The number of aromatic hydroxyl groups is 1. The first-order chi connectivity index (χ1) is 8.15. The molecule has 0 saturated carbocycles. The molecule has 0 radical (unpaired) electrons. The third kappa shape index (κ3) is 1.73. The molecule has 0 spiro atoms. The maximum atomic E-state index is 9.76. The lowest BCUT2D eigenvalue weighted by atomic mass is 10.2. The highest BCUT2D eigenvalue weighted by Gasteiger charge is 2.08. The predicted octanol–water partition coefficient (Wildman–Crippen LogP) is 3.90. The Morgan fingerprint density at radius 3 is 2.59 bits per heavy atom. The first-order valence-corrected chi connectivity index (χ1v) is 6.07. The summed E-state index contributed by atoms with van der Waals surface area (Å²) in [5, 5.41) is 10.4. The van der Waals surface area contributed by atoms with Gasteiger partial charge in [-0.2, -0.15) is 0 Å². The molecule has 3 aromatic rings. The zero-order valence-electron chi connectivity index (χ0n) is 8.48. The van der Waals surface area contributed by atoms with Crippen LogP contribution >= 0.6 is 27.5 Å². The Balaban J connectivity index is 2.52. The Hall–Kier alpha value is -1.39. The molecule has 1 aromatic heterocycles. The minimum atomic E-state index is 0.118. The molecule has 0 aliphatic rings. The lowest BCUT2D eigenvalue weighted by molar-refractivity contribution is 0.480. The van der Waals surface area contributed by atoms with E-state index in [0.29, 0.717) is 27.1 Å². The van der Waals surface area contributed by atoms with E-state index in [1.165, 1.54) is 0 Å². The number of hydrogen-bond acceptors (Lipinski definition) is 3. The Morgan fingerprint density at radius 2 is 1.76 bits per heavy atom. The van der Waals surface area contributed by atoms with Gasteiger partial charge in [-0.1, -0.05) is 11.6 Å². The summed E-state index contributed by atoms with van der Waals surface area (Å²) in [5.74, 6) is 0.118. The van der Waals surface area contributed by atoms with Crippen molar-refractivity contribution in [3.63, 3.8) is 0 Å². The number of benzene rings is 2. The van der Waals surface area contributed by atoms with E-state index in [1.54, 1.807) is 30.3 Å². The summed E-state index contributed by atoms with van der Waals surface area (Å²) in [4.78, 5) is 8.82. The standard InChI is InChI=1S/C12H6BrClN2O/c13-7-2-4-10(17)12-11(7)16-9-5-6(14)1-3-8(9)15-12/h1-5,17H. The van der Waals surface area contributed by atoms with Crippen molar-refractivity contribution >= 4 is 49.6 Å². The van der Waals surface area contributed by atoms with Crippen LogP contribution in [0.15, 0.2) is 34.8 Å². The molecule has 3 nitrogen and oxygen atoms in total. The molecule has 0 aliphatic heterocycles. The molecule has 0 bridgehead atoms. The van der Waals surface area contributed by atoms with E-state index in [4.69, 9.17) is 11.6 Å². The van der Waals surface area contributed by atoms with E-state index in [1.807, 2.05) is 0 Å². The highest BCUT2D eigenvalue weighted by molar-refractivity contribution is 9.10. The van der Waals surface area contributed by atoms with Crippen molar-refractivity contribution in [1.82, 2.24) is 9.97 Å². The van der Waals surface area contributed by atoms with Gasteiger partial charge < -0.3 is 5.11 Å². The van der Waals surface area contributed by atoms with Crippen LogP contribution in [0.3, 0.4) is 0 Å². The van der Waals surface area contributed by atoms with Crippen LogP contribution in [-0.4, -0.2) is 15.1 Å². The molecule has 2 aromatic carbocycles. The summed E-state index contributed by atoms with van der Waals surface area (Å²) in [6.07, 6.45) is 0. The topological polar surface area (TPSA) is 46.0 Å². The number of nitrogens with zero attached hydrogens (tertiary/aromatic N) is 2. The van der Waals surface area contributed by atoms with Crippen LogP contribution in [0.2, 0.25) is 5.02 Å². The fourth-order valence-electron chi connectivity index (χ4n) is 1.68. The van der Waals surface area contributed by atoms with Gasteiger partial charge in [-0.15, -0.1) is 0 Å². The zero-order valence-corrected chi connectivity index (χ0v) is 10.8. The molecule has 5 heteroatoms. The molecule has 0 amide bonds. The van der Waals surface area contributed by atoms with E-state index in [0.717, 1.165) is 4.47 Å². The van der Waals surface area contributed by atoms with Crippen LogP contribution < -0.4 is 0 Å². The van der Waals surface area contributed by atoms with Gasteiger partial charge in [0.1, 0.15) is 16.8 Å². The van der Waals surface area contributed by atoms with Gasteiger partial charge >= 0.3 is 0 Å².